The molecule has 1 saturated heterocycles. The molecule has 1 fully saturated rings. The van der Waals surface area contributed by atoms with Crippen LogP contribution in [0.3, 0.4) is 0 Å². The van der Waals surface area contributed by atoms with Gasteiger partial charge in [0.25, 0.3) is 0 Å². The second-order valence-electron chi connectivity index (χ2n) is 6.12. The average Bonchev–Trinajstić information content (AvgIpc) is 2.68. The molecular weight excluding hydrogens is 246 g/mol. The van der Waals surface area contributed by atoms with Gasteiger partial charge < -0.3 is 10.3 Å². The van der Waals surface area contributed by atoms with Crippen LogP contribution >= 0.6 is 0 Å². The summed E-state index contributed by atoms with van der Waals surface area (Å²) in [5.41, 5.74) is 2.71. The van der Waals surface area contributed by atoms with Crippen LogP contribution in [-0.4, -0.2) is 36.1 Å². The molecule has 1 aliphatic heterocycles. The smallest absolute Gasteiger partial charge is 0.0457 e. The lowest BCUT2D eigenvalue weighted by atomic mass is 9.93. The number of H-pyrrole nitrogens is 1. The minimum atomic E-state index is 0.506. The molecule has 3 heteroatoms. The van der Waals surface area contributed by atoms with Crippen molar-refractivity contribution in [3.63, 3.8) is 0 Å². The quantitative estimate of drug-likeness (QED) is 0.898. The van der Waals surface area contributed by atoms with Crippen molar-refractivity contribution in [2.24, 2.45) is 5.92 Å². The largest absolute Gasteiger partial charge is 0.361 e. The Hall–Kier alpha value is -1.32. The summed E-state index contributed by atoms with van der Waals surface area (Å²) < 4.78 is 0. The molecule has 0 bridgehead atoms. The molecule has 0 radical (unpaired) electrons. The Bertz CT molecular complexity index is 550. The van der Waals surface area contributed by atoms with Crippen molar-refractivity contribution in [1.82, 2.24) is 15.2 Å². The fourth-order valence-corrected chi connectivity index (χ4v) is 3.46. The highest BCUT2D eigenvalue weighted by molar-refractivity contribution is 5.83. The van der Waals surface area contributed by atoms with E-state index in [0.29, 0.717) is 12.0 Å². The van der Waals surface area contributed by atoms with Gasteiger partial charge in [-0.1, -0.05) is 32.0 Å². The predicted octanol–water partition coefficient (Wildman–Crippen LogP) is 3.16. The Balaban J connectivity index is 1.97. The van der Waals surface area contributed by atoms with Crippen LogP contribution in [0.4, 0.5) is 0 Å². The van der Waals surface area contributed by atoms with E-state index < -0.39 is 0 Å². The summed E-state index contributed by atoms with van der Waals surface area (Å²) in [6, 6.07) is 9.16. The normalized spacial score (nSPS) is 19.4. The van der Waals surface area contributed by atoms with Gasteiger partial charge in [0.15, 0.2) is 0 Å². The van der Waals surface area contributed by atoms with Gasteiger partial charge in [0.05, 0.1) is 0 Å². The Morgan fingerprint density at radius 3 is 2.80 bits per heavy atom. The lowest BCUT2D eigenvalue weighted by Crippen LogP contribution is -2.34. The van der Waals surface area contributed by atoms with Crippen molar-refractivity contribution in [1.29, 1.82) is 0 Å². The lowest BCUT2D eigenvalue weighted by Gasteiger charge is -2.33. The van der Waals surface area contributed by atoms with Crippen LogP contribution in [-0.2, 0) is 0 Å². The van der Waals surface area contributed by atoms with E-state index in [9.17, 15) is 0 Å². The van der Waals surface area contributed by atoms with Crippen molar-refractivity contribution in [2.75, 3.05) is 26.2 Å². The first-order chi connectivity index (χ1) is 9.77. The summed E-state index contributed by atoms with van der Waals surface area (Å²) in [4.78, 5) is 6.09. The average molecular weight is 271 g/mol. The van der Waals surface area contributed by atoms with Crippen molar-refractivity contribution < 1.29 is 0 Å². The monoisotopic (exact) mass is 271 g/mol. The van der Waals surface area contributed by atoms with Crippen molar-refractivity contribution >= 4 is 10.9 Å². The minimum Gasteiger partial charge on any atom is -0.361 e. The maximum Gasteiger partial charge on any atom is 0.0457 e. The molecule has 3 rings (SSSR count). The molecule has 1 unspecified atom stereocenters. The minimum absolute atomic E-state index is 0.506. The zero-order chi connectivity index (χ0) is 13.9. The number of hydrogen-bond donors (Lipinski definition) is 2. The number of hydrogen-bond acceptors (Lipinski definition) is 2. The molecule has 108 valence electrons. The van der Waals surface area contributed by atoms with Crippen molar-refractivity contribution in [3.8, 4) is 0 Å². The third-order valence-corrected chi connectivity index (χ3v) is 4.34. The molecule has 2 heterocycles. The van der Waals surface area contributed by atoms with E-state index in [-0.39, 0.29) is 0 Å². The van der Waals surface area contributed by atoms with Crippen LogP contribution < -0.4 is 5.32 Å². The summed E-state index contributed by atoms with van der Waals surface area (Å²) >= 11 is 0. The third kappa shape index (κ3) is 2.60. The maximum atomic E-state index is 3.50. The van der Waals surface area contributed by atoms with Crippen LogP contribution in [0, 0.1) is 5.92 Å². The van der Waals surface area contributed by atoms with Crippen LogP contribution in [0.1, 0.15) is 31.9 Å². The van der Waals surface area contributed by atoms with Crippen LogP contribution in [0.5, 0.6) is 0 Å². The molecule has 3 nitrogen and oxygen atoms in total. The Kier molecular flexibility index (Phi) is 4.08. The molecule has 2 aromatic rings. The Morgan fingerprint density at radius 2 is 1.95 bits per heavy atom. The number of nitrogens with one attached hydrogen (secondary N) is 2. The summed E-state index contributed by atoms with van der Waals surface area (Å²) in [6.45, 7) is 9.26. The molecule has 1 aliphatic rings. The van der Waals surface area contributed by atoms with Crippen LogP contribution in [0.25, 0.3) is 10.9 Å². The van der Waals surface area contributed by atoms with Crippen molar-refractivity contribution in [2.45, 2.75) is 26.3 Å². The molecule has 1 aromatic carbocycles. The number of benzene rings is 1. The Labute approximate surface area is 121 Å². The molecule has 0 saturated carbocycles. The molecule has 1 aromatic heterocycles. The third-order valence-electron chi connectivity index (χ3n) is 4.34. The molecule has 1 atom stereocenters. The second-order valence-corrected chi connectivity index (χ2v) is 6.12. The fourth-order valence-electron chi connectivity index (χ4n) is 3.46. The predicted molar refractivity (Wildman–Crippen MR) is 84.9 cm³/mol. The number of rotatable bonds is 3. The first kappa shape index (κ1) is 13.7. The van der Waals surface area contributed by atoms with Gasteiger partial charge in [0.2, 0.25) is 0 Å². The summed E-state index contributed by atoms with van der Waals surface area (Å²) in [7, 11) is 0. The van der Waals surface area contributed by atoms with E-state index in [1.165, 1.54) is 29.4 Å². The lowest BCUT2D eigenvalue weighted by molar-refractivity contribution is 0.167. The van der Waals surface area contributed by atoms with Gasteiger partial charge in [0, 0.05) is 42.8 Å². The SMILES string of the molecule is CC(C)C(c1c[nH]c2ccccc12)N1CCCNCC1. The number of aromatic nitrogens is 1. The van der Waals surface area contributed by atoms with E-state index in [0.717, 1.165) is 19.6 Å². The first-order valence-electron chi connectivity index (χ1n) is 7.78. The number of aromatic amines is 1. The molecular formula is C17H25N3. The topological polar surface area (TPSA) is 31.1 Å². The van der Waals surface area contributed by atoms with Gasteiger partial charge in [0.1, 0.15) is 0 Å². The number of fused-ring (bicyclic) bond motifs is 1. The highest BCUT2D eigenvalue weighted by atomic mass is 15.2. The summed E-state index contributed by atoms with van der Waals surface area (Å²) in [6.07, 6.45) is 3.46. The number of para-hydroxylation sites is 1. The molecule has 20 heavy (non-hydrogen) atoms. The number of nitrogens with zero attached hydrogens (tertiary/aromatic N) is 1. The van der Waals surface area contributed by atoms with E-state index >= 15 is 0 Å². The summed E-state index contributed by atoms with van der Waals surface area (Å²) in [5.74, 6) is 0.618. The molecule has 2 N–H and O–H groups in total. The van der Waals surface area contributed by atoms with Crippen molar-refractivity contribution in [3.05, 3.63) is 36.0 Å². The molecule has 0 aliphatic carbocycles. The van der Waals surface area contributed by atoms with Gasteiger partial charge in [-0.25, -0.2) is 0 Å². The van der Waals surface area contributed by atoms with Gasteiger partial charge in [-0.3, -0.25) is 4.90 Å². The standard InChI is InChI=1S/C17H25N3/c1-13(2)17(20-10-5-8-18-9-11-20)15-12-19-16-7-4-3-6-14(15)16/h3-4,6-7,12-13,17-19H,5,8-11H2,1-2H3. The highest BCUT2D eigenvalue weighted by Gasteiger charge is 2.26. The van der Waals surface area contributed by atoms with Crippen LogP contribution in [0.15, 0.2) is 30.5 Å². The first-order valence-corrected chi connectivity index (χ1v) is 7.78. The van der Waals surface area contributed by atoms with E-state index in [2.05, 4.69) is 59.5 Å². The van der Waals surface area contributed by atoms with E-state index in [1.54, 1.807) is 0 Å². The van der Waals surface area contributed by atoms with Gasteiger partial charge in [-0.2, -0.15) is 0 Å². The van der Waals surface area contributed by atoms with Gasteiger partial charge in [-0.15, -0.1) is 0 Å². The van der Waals surface area contributed by atoms with E-state index in [1.807, 2.05) is 0 Å². The zero-order valence-corrected chi connectivity index (χ0v) is 12.5. The molecule has 0 amide bonds. The van der Waals surface area contributed by atoms with Gasteiger partial charge >= 0.3 is 0 Å². The Morgan fingerprint density at radius 1 is 1.10 bits per heavy atom. The maximum absolute atomic E-state index is 3.50. The van der Waals surface area contributed by atoms with Crippen LogP contribution in [0.2, 0.25) is 0 Å². The molecule has 0 spiro atoms. The highest BCUT2D eigenvalue weighted by Crippen LogP contribution is 2.33. The van der Waals surface area contributed by atoms with E-state index in [4.69, 9.17) is 0 Å². The van der Waals surface area contributed by atoms with Gasteiger partial charge in [-0.05, 0) is 30.5 Å². The second kappa shape index (κ2) is 5.98. The summed E-state index contributed by atoms with van der Waals surface area (Å²) in [5, 5.41) is 4.88. The fraction of sp³-hybridized carbons (Fsp3) is 0.529. The zero-order valence-electron chi connectivity index (χ0n) is 12.5.